The van der Waals surface area contributed by atoms with Crippen molar-refractivity contribution >= 4 is 70.5 Å². The van der Waals surface area contributed by atoms with E-state index in [-0.39, 0.29) is 0 Å². The standard InChI is InChI=1S/C48H31NOS/c1-3-14-32(15-4-1)34-18-13-19-35(30-34)47-42(28-29-46-48(47)40-22-9-12-25-45(40)51-46)49(41-23-10-7-20-37(41)33-16-5-2-6-17-33)36-26-27-39-38-21-8-11-24-43(38)50-44(39)31-36/h1-31H. The number of furan rings is 1. The Kier molecular flexibility index (Phi) is 7.04. The van der Waals surface area contributed by atoms with Crippen molar-refractivity contribution in [1.29, 1.82) is 0 Å². The Bertz CT molecular complexity index is 2870. The first kappa shape index (κ1) is 29.5. The first-order valence-electron chi connectivity index (χ1n) is 17.3. The normalized spacial score (nSPS) is 11.5. The molecule has 0 aliphatic carbocycles. The Hall–Kier alpha value is -6.42. The highest BCUT2D eigenvalue weighted by molar-refractivity contribution is 7.26. The summed E-state index contributed by atoms with van der Waals surface area (Å²) in [4.78, 5) is 2.44. The fourth-order valence-electron chi connectivity index (χ4n) is 7.56. The van der Waals surface area contributed by atoms with E-state index in [1.54, 1.807) is 0 Å². The largest absolute Gasteiger partial charge is 0.456 e. The van der Waals surface area contributed by atoms with Crippen molar-refractivity contribution in [2.75, 3.05) is 4.90 Å². The lowest BCUT2D eigenvalue weighted by Crippen LogP contribution is -2.12. The molecule has 0 saturated carbocycles. The van der Waals surface area contributed by atoms with Crippen molar-refractivity contribution in [2.24, 2.45) is 0 Å². The van der Waals surface area contributed by atoms with Crippen LogP contribution >= 0.6 is 11.3 Å². The molecule has 10 aromatic rings. The maximum Gasteiger partial charge on any atom is 0.137 e. The smallest absolute Gasteiger partial charge is 0.137 e. The first-order valence-corrected chi connectivity index (χ1v) is 18.1. The van der Waals surface area contributed by atoms with Gasteiger partial charge in [-0.3, -0.25) is 0 Å². The van der Waals surface area contributed by atoms with Gasteiger partial charge in [0, 0.05) is 53.8 Å². The van der Waals surface area contributed by atoms with Gasteiger partial charge in [0.2, 0.25) is 0 Å². The monoisotopic (exact) mass is 669 g/mol. The fraction of sp³-hybridized carbons (Fsp3) is 0. The molecule has 0 saturated heterocycles. The summed E-state index contributed by atoms with van der Waals surface area (Å²) >= 11 is 1.85. The number of hydrogen-bond acceptors (Lipinski definition) is 3. The molecule has 0 amide bonds. The minimum absolute atomic E-state index is 0.866. The van der Waals surface area contributed by atoms with Crippen LogP contribution < -0.4 is 4.90 Å². The second kappa shape index (κ2) is 12.2. The first-order chi connectivity index (χ1) is 25.3. The number of nitrogens with zero attached hydrogens (tertiary/aromatic N) is 1. The van der Waals surface area contributed by atoms with E-state index in [2.05, 4.69) is 181 Å². The SMILES string of the molecule is c1ccc(-c2cccc(-c3c(N(c4ccc5c(c4)oc4ccccc45)c4ccccc4-c4ccccc4)ccc4sc5ccccc5c34)c2)cc1. The van der Waals surface area contributed by atoms with E-state index < -0.39 is 0 Å². The minimum atomic E-state index is 0.866. The number of rotatable bonds is 6. The van der Waals surface area contributed by atoms with E-state index in [0.29, 0.717) is 0 Å². The molecule has 3 heteroatoms. The van der Waals surface area contributed by atoms with Crippen LogP contribution in [0.1, 0.15) is 0 Å². The van der Waals surface area contributed by atoms with E-state index >= 15 is 0 Å². The van der Waals surface area contributed by atoms with E-state index in [1.807, 2.05) is 23.5 Å². The van der Waals surface area contributed by atoms with Gasteiger partial charge in [-0.1, -0.05) is 133 Å². The van der Waals surface area contributed by atoms with E-state index in [1.165, 1.54) is 42.4 Å². The van der Waals surface area contributed by atoms with Crippen LogP contribution in [0.2, 0.25) is 0 Å². The number of thiophene rings is 1. The van der Waals surface area contributed by atoms with Crippen LogP contribution in [-0.2, 0) is 0 Å². The van der Waals surface area contributed by atoms with E-state index in [0.717, 1.165) is 50.1 Å². The van der Waals surface area contributed by atoms with Crippen LogP contribution in [0.5, 0.6) is 0 Å². The van der Waals surface area contributed by atoms with Crippen LogP contribution in [-0.4, -0.2) is 0 Å². The molecule has 8 aromatic carbocycles. The molecule has 0 unspecified atom stereocenters. The van der Waals surface area contributed by atoms with Crippen molar-refractivity contribution in [3.05, 3.63) is 188 Å². The number of anilines is 3. The molecule has 0 fully saturated rings. The molecule has 0 spiro atoms. The van der Waals surface area contributed by atoms with Gasteiger partial charge in [0.25, 0.3) is 0 Å². The van der Waals surface area contributed by atoms with Gasteiger partial charge in [0.1, 0.15) is 11.2 Å². The predicted molar refractivity (Wildman–Crippen MR) is 218 cm³/mol. The molecule has 2 nitrogen and oxygen atoms in total. The van der Waals surface area contributed by atoms with Crippen LogP contribution in [0, 0.1) is 0 Å². The lowest BCUT2D eigenvalue weighted by Gasteiger charge is -2.30. The number of fused-ring (bicyclic) bond motifs is 6. The lowest BCUT2D eigenvalue weighted by atomic mass is 9.93. The molecule has 10 rings (SSSR count). The Morgan fingerprint density at radius 1 is 0.392 bits per heavy atom. The third-order valence-corrected chi connectivity index (χ3v) is 11.0. The maximum atomic E-state index is 6.50. The highest BCUT2D eigenvalue weighted by Gasteiger charge is 2.24. The van der Waals surface area contributed by atoms with Crippen LogP contribution in [0.15, 0.2) is 192 Å². The van der Waals surface area contributed by atoms with Gasteiger partial charge < -0.3 is 9.32 Å². The summed E-state index contributed by atoms with van der Waals surface area (Å²) in [6.45, 7) is 0. The fourth-order valence-corrected chi connectivity index (χ4v) is 8.67. The van der Waals surface area contributed by atoms with Crippen molar-refractivity contribution in [2.45, 2.75) is 0 Å². The maximum absolute atomic E-state index is 6.50. The number of benzene rings is 8. The molecule has 0 aliphatic rings. The molecule has 0 bridgehead atoms. The van der Waals surface area contributed by atoms with Crippen molar-refractivity contribution in [1.82, 2.24) is 0 Å². The Labute approximate surface area is 300 Å². The average Bonchev–Trinajstić information content (AvgIpc) is 3.77. The van der Waals surface area contributed by atoms with Crippen LogP contribution in [0.3, 0.4) is 0 Å². The quantitative estimate of drug-likeness (QED) is 0.175. The van der Waals surface area contributed by atoms with Crippen LogP contribution in [0.4, 0.5) is 17.1 Å². The second-order valence-electron chi connectivity index (χ2n) is 12.9. The molecule has 2 aromatic heterocycles. The van der Waals surface area contributed by atoms with Crippen LogP contribution in [0.25, 0.3) is 75.5 Å². The Morgan fingerprint density at radius 2 is 1.06 bits per heavy atom. The van der Waals surface area contributed by atoms with Gasteiger partial charge >= 0.3 is 0 Å². The topological polar surface area (TPSA) is 16.4 Å². The van der Waals surface area contributed by atoms with Crippen molar-refractivity contribution < 1.29 is 4.42 Å². The average molecular weight is 670 g/mol. The third kappa shape index (κ3) is 5.01. The summed E-state index contributed by atoms with van der Waals surface area (Å²) in [6.07, 6.45) is 0. The third-order valence-electron chi connectivity index (χ3n) is 9.87. The van der Waals surface area contributed by atoms with Crippen molar-refractivity contribution in [3.63, 3.8) is 0 Å². The van der Waals surface area contributed by atoms with Gasteiger partial charge in [-0.15, -0.1) is 11.3 Å². The summed E-state index contributed by atoms with van der Waals surface area (Å²) in [6, 6.07) is 67.5. The summed E-state index contributed by atoms with van der Waals surface area (Å²) in [7, 11) is 0. The second-order valence-corrected chi connectivity index (χ2v) is 14.0. The van der Waals surface area contributed by atoms with Gasteiger partial charge in [0.05, 0.1) is 11.4 Å². The van der Waals surface area contributed by atoms with E-state index in [9.17, 15) is 0 Å². The zero-order chi connectivity index (χ0) is 33.7. The van der Waals surface area contributed by atoms with Crippen molar-refractivity contribution in [3.8, 4) is 33.4 Å². The summed E-state index contributed by atoms with van der Waals surface area (Å²) < 4.78 is 9.05. The molecule has 0 atom stereocenters. The summed E-state index contributed by atoms with van der Waals surface area (Å²) in [5.41, 5.74) is 12.1. The molecular weight excluding hydrogens is 639 g/mol. The molecular formula is C48H31NOS. The zero-order valence-corrected chi connectivity index (χ0v) is 28.5. The lowest BCUT2D eigenvalue weighted by molar-refractivity contribution is 0.669. The van der Waals surface area contributed by atoms with Gasteiger partial charge in [0.15, 0.2) is 0 Å². The number of hydrogen-bond donors (Lipinski definition) is 0. The Balaban J connectivity index is 1.31. The highest BCUT2D eigenvalue weighted by atomic mass is 32.1. The predicted octanol–water partition coefficient (Wildman–Crippen LogP) is 14.4. The summed E-state index contributed by atoms with van der Waals surface area (Å²) in [5.74, 6) is 0. The Morgan fingerprint density at radius 3 is 1.92 bits per heavy atom. The summed E-state index contributed by atoms with van der Waals surface area (Å²) in [5, 5.41) is 4.77. The van der Waals surface area contributed by atoms with Gasteiger partial charge in [-0.05, 0) is 70.8 Å². The van der Waals surface area contributed by atoms with Gasteiger partial charge in [-0.25, -0.2) is 0 Å². The number of para-hydroxylation sites is 2. The van der Waals surface area contributed by atoms with Gasteiger partial charge in [-0.2, -0.15) is 0 Å². The molecule has 0 aliphatic heterocycles. The zero-order valence-electron chi connectivity index (χ0n) is 27.7. The molecule has 240 valence electrons. The highest BCUT2D eigenvalue weighted by Crippen LogP contribution is 2.51. The minimum Gasteiger partial charge on any atom is -0.456 e. The molecule has 0 N–H and O–H groups in total. The molecule has 0 radical (unpaired) electrons. The molecule has 51 heavy (non-hydrogen) atoms. The molecule has 2 heterocycles. The van der Waals surface area contributed by atoms with E-state index in [4.69, 9.17) is 4.42 Å².